The minimum atomic E-state index is -0.574. The Hall–Kier alpha value is -1.30. The van der Waals surface area contributed by atoms with E-state index in [0.717, 1.165) is 32.8 Å². The van der Waals surface area contributed by atoms with Crippen molar-refractivity contribution < 1.29 is 14.3 Å². The van der Waals surface area contributed by atoms with Gasteiger partial charge in [0.05, 0.1) is 18.2 Å². The van der Waals surface area contributed by atoms with E-state index in [0.29, 0.717) is 17.3 Å². The molecule has 0 bridgehead atoms. The molecule has 1 aromatic carbocycles. The van der Waals surface area contributed by atoms with Gasteiger partial charge in [-0.3, -0.25) is 9.69 Å². The molecule has 1 unspecified atom stereocenters. The highest BCUT2D eigenvalue weighted by Crippen LogP contribution is 2.24. The van der Waals surface area contributed by atoms with Gasteiger partial charge in [0, 0.05) is 26.2 Å². The van der Waals surface area contributed by atoms with Crippen molar-refractivity contribution in [3.05, 3.63) is 29.3 Å². The van der Waals surface area contributed by atoms with E-state index in [-0.39, 0.29) is 5.91 Å². The summed E-state index contributed by atoms with van der Waals surface area (Å²) in [5.74, 6) is 0.387. The lowest BCUT2D eigenvalue weighted by atomic mass is 10.3. The Morgan fingerprint density at radius 3 is 2.86 bits per heavy atom. The van der Waals surface area contributed by atoms with Gasteiger partial charge in [-0.05, 0) is 19.1 Å². The van der Waals surface area contributed by atoms with Crippen LogP contribution in [0.2, 0.25) is 5.02 Å². The van der Waals surface area contributed by atoms with E-state index in [2.05, 4.69) is 10.2 Å². The maximum Gasteiger partial charge on any atom is 0.260 e. The van der Waals surface area contributed by atoms with E-state index in [1.54, 1.807) is 19.1 Å². The van der Waals surface area contributed by atoms with Gasteiger partial charge in [0.15, 0.2) is 6.10 Å². The molecule has 116 valence electrons. The van der Waals surface area contributed by atoms with Crippen molar-refractivity contribution in [1.82, 2.24) is 10.2 Å². The minimum absolute atomic E-state index is 0.136. The zero-order valence-electron chi connectivity index (χ0n) is 12.2. The molecule has 1 fully saturated rings. The number of carbonyl (C=O) groups excluding carboxylic acids is 1. The van der Waals surface area contributed by atoms with Crippen LogP contribution in [0.5, 0.6) is 5.75 Å². The van der Waals surface area contributed by atoms with E-state index in [4.69, 9.17) is 21.1 Å². The number of benzene rings is 1. The minimum Gasteiger partial charge on any atom is -0.479 e. The molecule has 0 aliphatic carbocycles. The first-order chi connectivity index (χ1) is 10.2. The van der Waals surface area contributed by atoms with Crippen molar-refractivity contribution in [1.29, 1.82) is 0 Å². The third kappa shape index (κ3) is 5.19. The Kier molecular flexibility index (Phi) is 6.29. The van der Waals surface area contributed by atoms with Gasteiger partial charge in [0.1, 0.15) is 5.75 Å². The van der Waals surface area contributed by atoms with Crippen LogP contribution in [0.4, 0.5) is 0 Å². The average Bonchev–Trinajstić information content (AvgIpc) is 2.50. The molecule has 1 amide bonds. The number of morpholine rings is 1. The predicted molar refractivity (Wildman–Crippen MR) is 81.8 cm³/mol. The fraction of sp³-hybridized carbons (Fsp3) is 0.533. The molecular weight excluding hydrogens is 292 g/mol. The van der Waals surface area contributed by atoms with Gasteiger partial charge in [-0.25, -0.2) is 0 Å². The summed E-state index contributed by atoms with van der Waals surface area (Å²) in [7, 11) is 0. The summed E-state index contributed by atoms with van der Waals surface area (Å²) in [5, 5.41) is 3.38. The molecule has 1 aliphatic rings. The van der Waals surface area contributed by atoms with Crippen LogP contribution in [0, 0.1) is 0 Å². The Morgan fingerprint density at radius 2 is 2.14 bits per heavy atom. The molecule has 5 nitrogen and oxygen atoms in total. The second-order valence-electron chi connectivity index (χ2n) is 4.94. The number of hydrogen-bond acceptors (Lipinski definition) is 4. The highest BCUT2D eigenvalue weighted by molar-refractivity contribution is 6.32. The monoisotopic (exact) mass is 312 g/mol. The molecular formula is C15H21ClN2O3. The predicted octanol–water partition coefficient (Wildman–Crippen LogP) is 1.56. The third-order valence-electron chi connectivity index (χ3n) is 3.34. The second kappa shape index (κ2) is 8.22. The van der Waals surface area contributed by atoms with Gasteiger partial charge in [-0.1, -0.05) is 23.7 Å². The number of para-hydroxylation sites is 1. The van der Waals surface area contributed by atoms with E-state index in [1.165, 1.54) is 0 Å². The van der Waals surface area contributed by atoms with E-state index >= 15 is 0 Å². The van der Waals surface area contributed by atoms with Crippen molar-refractivity contribution in [2.45, 2.75) is 13.0 Å². The summed E-state index contributed by atoms with van der Waals surface area (Å²) >= 11 is 6.00. The van der Waals surface area contributed by atoms with Crippen molar-refractivity contribution >= 4 is 17.5 Å². The Balaban J connectivity index is 1.71. The van der Waals surface area contributed by atoms with Crippen molar-refractivity contribution in [2.75, 3.05) is 39.4 Å². The molecule has 1 aromatic rings. The van der Waals surface area contributed by atoms with E-state index < -0.39 is 6.10 Å². The molecule has 0 radical (unpaired) electrons. The third-order valence-corrected chi connectivity index (χ3v) is 3.65. The molecule has 0 saturated carbocycles. The number of amides is 1. The Labute approximate surface area is 130 Å². The molecule has 0 aromatic heterocycles. The zero-order valence-corrected chi connectivity index (χ0v) is 12.9. The van der Waals surface area contributed by atoms with Crippen LogP contribution >= 0.6 is 11.6 Å². The van der Waals surface area contributed by atoms with Crippen molar-refractivity contribution in [3.63, 3.8) is 0 Å². The van der Waals surface area contributed by atoms with E-state index in [1.807, 2.05) is 12.1 Å². The molecule has 2 rings (SSSR count). The quantitative estimate of drug-likeness (QED) is 0.866. The molecule has 0 spiro atoms. The molecule has 1 atom stereocenters. The summed E-state index contributed by atoms with van der Waals surface area (Å²) in [6.07, 6.45) is -0.574. The zero-order chi connectivity index (χ0) is 15.1. The Bertz CT molecular complexity index is 464. The van der Waals surface area contributed by atoms with Gasteiger partial charge in [0.25, 0.3) is 5.91 Å². The molecule has 1 saturated heterocycles. The standard InChI is InChI=1S/C15H21ClN2O3/c1-12(21-14-5-3-2-4-13(14)16)15(19)17-6-7-18-8-10-20-11-9-18/h2-5,12H,6-11H2,1H3,(H,17,19). The average molecular weight is 313 g/mol. The Morgan fingerprint density at radius 1 is 1.43 bits per heavy atom. The lowest BCUT2D eigenvalue weighted by Gasteiger charge is -2.26. The summed E-state index contributed by atoms with van der Waals surface area (Å²) in [6, 6.07) is 7.13. The van der Waals surface area contributed by atoms with Gasteiger partial charge >= 0.3 is 0 Å². The molecule has 1 N–H and O–H groups in total. The second-order valence-corrected chi connectivity index (χ2v) is 5.34. The number of ether oxygens (including phenoxy) is 2. The first-order valence-electron chi connectivity index (χ1n) is 7.16. The van der Waals surface area contributed by atoms with Crippen LogP contribution in [0.25, 0.3) is 0 Å². The van der Waals surface area contributed by atoms with Crippen LogP contribution in [0.3, 0.4) is 0 Å². The fourth-order valence-electron chi connectivity index (χ4n) is 2.09. The number of nitrogens with one attached hydrogen (secondary N) is 1. The lowest BCUT2D eigenvalue weighted by molar-refractivity contribution is -0.127. The summed E-state index contributed by atoms with van der Waals surface area (Å²) in [5.41, 5.74) is 0. The molecule has 6 heteroatoms. The summed E-state index contributed by atoms with van der Waals surface area (Å²) in [4.78, 5) is 14.2. The van der Waals surface area contributed by atoms with Crippen molar-refractivity contribution in [2.24, 2.45) is 0 Å². The summed E-state index contributed by atoms with van der Waals surface area (Å²) in [6.45, 7) is 6.51. The maximum atomic E-state index is 12.0. The SMILES string of the molecule is CC(Oc1ccccc1Cl)C(=O)NCCN1CCOCC1. The smallest absolute Gasteiger partial charge is 0.260 e. The van der Waals surface area contributed by atoms with Gasteiger partial charge in [-0.2, -0.15) is 0 Å². The van der Waals surface area contributed by atoms with Crippen LogP contribution in [0.1, 0.15) is 6.92 Å². The number of carbonyl (C=O) groups is 1. The normalized spacial score (nSPS) is 17.2. The van der Waals surface area contributed by atoms with Crippen molar-refractivity contribution in [3.8, 4) is 5.75 Å². The van der Waals surface area contributed by atoms with Gasteiger partial charge in [0.2, 0.25) is 0 Å². The number of nitrogens with zero attached hydrogens (tertiary/aromatic N) is 1. The van der Waals surface area contributed by atoms with E-state index in [9.17, 15) is 4.79 Å². The number of hydrogen-bond donors (Lipinski definition) is 1. The largest absolute Gasteiger partial charge is 0.479 e. The summed E-state index contributed by atoms with van der Waals surface area (Å²) < 4.78 is 10.9. The highest BCUT2D eigenvalue weighted by atomic mass is 35.5. The first-order valence-corrected chi connectivity index (χ1v) is 7.53. The van der Waals surface area contributed by atoms with Gasteiger partial charge in [-0.15, -0.1) is 0 Å². The number of rotatable bonds is 6. The number of halogens is 1. The fourth-order valence-corrected chi connectivity index (χ4v) is 2.27. The maximum absolute atomic E-state index is 12.0. The molecule has 21 heavy (non-hydrogen) atoms. The van der Waals surface area contributed by atoms with Crippen LogP contribution in [-0.4, -0.2) is 56.3 Å². The van der Waals surface area contributed by atoms with Crippen LogP contribution in [0.15, 0.2) is 24.3 Å². The lowest BCUT2D eigenvalue weighted by Crippen LogP contribution is -2.43. The topological polar surface area (TPSA) is 50.8 Å². The highest BCUT2D eigenvalue weighted by Gasteiger charge is 2.16. The molecule has 1 aliphatic heterocycles. The van der Waals surface area contributed by atoms with Gasteiger partial charge < -0.3 is 14.8 Å². The first kappa shape index (κ1) is 16.1. The van der Waals surface area contributed by atoms with Crippen LogP contribution < -0.4 is 10.1 Å². The van der Waals surface area contributed by atoms with Crippen LogP contribution in [-0.2, 0) is 9.53 Å². The molecule has 1 heterocycles.